The van der Waals surface area contributed by atoms with E-state index in [0.717, 1.165) is 11.1 Å². The number of anilines is 1. The number of benzene rings is 2. The maximum Gasteiger partial charge on any atom is 0.266 e. The fraction of sp³-hybridized carbons (Fsp3) is 0.143. The third-order valence-corrected chi connectivity index (χ3v) is 3.99. The van der Waals surface area contributed by atoms with Crippen LogP contribution in [0.5, 0.6) is 5.75 Å². The lowest BCUT2D eigenvalue weighted by Crippen LogP contribution is -2.13. The minimum absolute atomic E-state index is 0.0473. The molecule has 0 saturated heterocycles. The van der Waals surface area contributed by atoms with Gasteiger partial charge in [-0.05, 0) is 61.4 Å². The smallest absolute Gasteiger partial charge is 0.266 e. The summed E-state index contributed by atoms with van der Waals surface area (Å²) in [7, 11) is 0. The Bertz CT molecular complexity index is 911. The van der Waals surface area contributed by atoms with Crippen molar-refractivity contribution in [3.8, 4) is 11.8 Å². The molecule has 4 nitrogen and oxygen atoms in total. The molecule has 2 rings (SSSR count). The van der Waals surface area contributed by atoms with Crippen molar-refractivity contribution >= 4 is 29.3 Å². The average molecular weight is 367 g/mol. The fourth-order valence-electron chi connectivity index (χ4n) is 2.23. The van der Waals surface area contributed by atoms with Crippen LogP contribution in [0.3, 0.4) is 0 Å². The van der Waals surface area contributed by atoms with Gasteiger partial charge in [0.1, 0.15) is 24.0 Å². The van der Waals surface area contributed by atoms with Crippen LogP contribution >= 0.6 is 11.6 Å². The number of ether oxygens (including phenoxy) is 1. The van der Waals surface area contributed by atoms with E-state index in [1.54, 1.807) is 30.3 Å². The van der Waals surface area contributed by atoms with Gasteiger partial charge in [0.15, 0.2) is 0 Å². The molecule has 0 atom stereocenters. The van der Waals surface area contributed by atoms with Crippen LogP contribution in [0.1, 0.15) is 16.7 Å². The van der Waals surface area contributed by atoms with E-state index in [1.165, 1.54) is 6.08 Å². The molecule has 1 N–H and O–H groups in total. The van der Waals surface area contributed by atoms with Gasteiger partial charge in [-0.25, -0.2) is 0 Å². The van der Waals surface area contributed by atoms with Crippen LogP contribution in [-0.4, -0.2) is 12.5 Å². The molecule has 0 fully saturated rings. The second-order valence-electron chi connectivity index (χ2n) is 5.70. The highest BCUT2D eigenvalue weighted by molar-refractivity contribution is 6.30. The van der Waals surface area contributed by atoms with Crippen LogP contribution in [0, 0.1) is 25.2 Å². The highest BCUT2D eigenvalue weighted by Crippen LogP contribution is 2.26. The molecule has 0 bridgehead atoms. The first-order chi connectivity index (χ1) is 12.4. The molecule has 0 heterocycles. The van der Waals surface area contributed by atoms with Gasteiger partial charge in [0.2, 0.25) is 0 Å². The standard InChI is InChI=1S/C21H19ClN2O2/c1-4-9-26-20-8-6-18(22)12-16(20)11-17(13-23)21(25)24-19-7-5-14(2)15(3)10-19/h4-8,10-12H,1,9H2,2-3H3,(H,24,25)/b17-11+. The van der Waals surface area contributed by atoms with Gasteiger partial charge >= 0.3 is 0 Å². The van der Waals surface area contributed by atoms with Gasteiger partial charge in [-0.2, -0.15) is 5.26 Å². The Kier molecular flexibility index (Phi) is 6.60. The maximum atomic E-state index is 12.5. The van der Waals surface area contributed by atoms with Crippen LogP contribution in [0.4, 0.5) is 5.69 Å². The summed E-state index contributed by atoms with van der Waals surface area (Å²) in [6.45, 7) is 7.86. The number of carbonyl (C=O) groups is 1. The number of aryl methyl sites for hydroxylation is 2. The van der Waals surface area contributed by atoms with Crippen molar-refractivity contribution in [2.75, 3.05) is 11.9 Å². The van der Waals surface area contributed by atoms with E-state index in [2.05, 4.69) is 11.9 Å². The van der Waals surface area contributed by atoms with E-state index in [1.807, 2.05) is 32.0 Å². The zero-order valence-corrected chi connectivity index (χ0v) is 15.4. The molecule has 0 unspecified atom stereocenters. The number of nitrogens with one attached hydrogen (secondary N) is 1. The van der Waals surface area contributed by atoms with Gasteiger partial charge < -0.3 is 10.1 Å². The van der Waals surface area contributed by atoms with Crippen molar-refractivity contribution in [3.63, 3.8) is 0 Å². The van der Waals surface area contributed by atoms with Crippen LogP contribution < -0.4 is 10.1 Å². The van der Waals surface area contributed by atoms with Crippen molar-refractivity contribution < 1.29 is 9.53 Å². The van der Waals surface area contributed by atoms with Crippen LogP contribution in [0.25, 0.3) is 6.08 Å². The molecule has 0 aliphatic rings. The molecule has 26 heavy (non-hydrogen) atoms. The number of hydrogen-bond donors (Lipinski definition) is 1. The Labute approximate surface area is 158 Å². The Morgan fingerprint density at radius 3 is 2.69 bits per heavy atom. The fourth-order valence-corrected chi connectivity index (χ4v) is 2.41. The van der Waals surface area contributed by atoms with Gasteiger partial charge in [-0.3, -0.25) is 4.79 Å². The van der Waals surface area contributed by atoms with Gasteiger partial charge in [-0.15, -0.1) is 0 Å². The second kappa shape index (κ2) is 8.89. The molecule has 2 aromatic rings. The molecule has 0 aliphatic heterocycles. The van der Waals surface area contributed by atoms with Gasteiger partial charge in [0.25, 0.3) is 5.91 Å². The first-order valence-electron chi connectivity index (χ1n) is 7.98. The maximum absolute atomic E-state index is 12.5. The van der Waals surface area contributed by atoms with E-state index in [9.17, 15) is 10.1 Å². The minimum atomic E-state index is -0.495. The third kappa shape index (κ3) is 4.98. The number of carbonyl (C=O) groups excluding carboxylic acids is 1. The molecular weight excluding hydrogens is 348 g/mol. The summed E-state index contributed by atoms with van der Waals surface area (Å²) in [5, 5.41) is 12.6. The molecule has 2 aromatic carbocycles. The van der Waals surface area contributed by atoms with Gasteiger partial charge in [0.05, 0.1) is 0 Å². The van der Waals surface area contributed by atoms with Gasteiger partial charge in [-0.1, -0.05) is 30.3 Å². The van der Waals surface area contributed by atoms with E-state index in [4.69, 9.17) is 16.3 Å². The normalized spacial score (nSPS) is 10.8. The van der Waals surface area contributed by atoms with Crippen molar-refractivity contribution in [3.05, 3.63) is 76.3 Å². The van der Waals surface area contributed by atoms with Crippen LogP contribution in [0.15, 0.2) is 54.6 Å². The number of amides is 1. The monoisotopic (exact) mass is 366 g/mol. The lowest BCUT2D eigenvalue weighted by molar-refractivity contribution is -0.112. The summed E-state index contributed by atoms with van der Waals surface area (Å²) in [4.78, 5) is 12.5. The molecule has 132 valence electrons. The molecule has 5 heteroatoms. The lowest BCUT2D eigenvalue weighted by Gasteiger charge is -2.09. The Morgan fingerprint density at radius 2 is 2.04 bits per heavy atom. The molecule has 0 aliphatic carbocycles. The first-order valence-corrected chi connectivity index (χ1v) is 8.36. The highest BCUT2D eigenvalue weighted by Gasteiger charge is 2.12. The molecule has 0 aromatic heterocycles. The summed E-state index contributed by atoms with van der Waals surface area (Å²) >= 11 is 6.03. The number of nitriles is 1. The molecule has 0 spiro atoms. The summed E-state index contributed by atoms with van der Waals surface area (Å²) in [6, 6.07) is 12.5. The molecule has 1 amide bonds. The van der Waals surface area contributed by atoms with E-state index in [-0.39, 0.29) is 5.57 Å². The second-order valence-corrected chi connectivity index (χ2v) is 6.14. The van der Waals surface area contributed by atoms with Gasteiger partial charge in [0, 0.05) is 16.3 Å². The Hall–Kier alpha value is -3.03. The Balaban J connectivity index is 2.30. The largest absolute Gasteiger partial charge is 0.489 e. The van der Waals surface area contributed by atoms with E-state index < -0.39 is 5.91 Å². The predicted molar refractivity (Wildman–Crippen MR) is 105 cm³/mol. The quantitative estimate of drug-likeness (QED) is 0.441. The summed E-state index contributed by atoms with van der Waals surface area (Å²) in [5.74, 6) is 0.0198. The number of halogens is 1. The summed E-state index contributed by atoms with van der Waals surface area (Å²) < 4.78 is 5.55. The highest BCUT2D eigenvalue weighted by atomic mass is 35.5. The van der Waals surface area contributed by atoms with Crippen molar-refractivity contribution in [2.45, 2.75) is 13.8 Å². The van der Waals surface area contributed by atoms with Crippen LogP contribution in [-0.2, 0) is 4.79 Å². The third-order valence-electron chi connectivity index (χ3n) is 3.76. The molecule has 0 radical (unpaired) electrons. The summed E-state index contributed by atoms with van der Waals surface area (Å²) in [6.07, 6.45) is 3.07. The zero-order valence-electron chi connectivity index (χ0n) is 14.7. The average Bonchev–Trinajstić information content (AvgIpc) is 2.62. The first kappa shape index (κ1) is 19.3. The zero-order chi connectivity index (χ0) is 19.1. The summed E-state index contributed by atoms with van der Waals surface area (Å²) in [5.41, 5.74) is 3.32. The van der Waals surface area contributed by atoms with Crippen molar-refractivity contribution in [1.82, 2.24) is 0 Å². The van der Waals surface area contributed by atoms with E-state index >= 15 is 0 Å². The molecular formula is C21H19ClN2O2. The van der Waals surface area contributed by atoms with Crippen molar-refractivity contribution in [2.24, 2.45) is 0 Å². The molecule has 0 saturated carbocycles. The topological polar surface area (TPSA) is 62.1 Å². The van der Waals surface area contributed by atoms with Crippen LogP contribution in [0.2, 0.25) is 5.02 Å². The lowest BCUT2D eigenvalue weighted by atomic mass is 10.1. The van der Waals surface area contributed by atoms with Crippen molar-refractivity contribution in [1.29, 1.82) is 5.26 Å². The van der Waals surface area contributed by atoms with E-state index in [0.29, 0.717) is 28.6 Å². The number of nitrogens with zero attached hydrogens (tertiary/aromatic N) is 1. The SMILES string of the molecule is C=CCOc1ccc(Cl)cc1/C=C(\C#N)C(=O)Nc1ccc(C)c(C)c1. The minimum Gasteiger partial charge on any atom is -0.489 e. The Morgan fingerprint density at radius 1 is 1.27 bits per heavy atom. The number of hydrogen-bond acceptors (Lipinski definition) is 3. The predicted octanol–water partition coefficient (Wildman–Crippen LogP) is 5.07. The number of rotatable bonds is 6.